The standard InChI is InChI=1S/C12H16FN3O2S/c1-8-6-10(15)7-11(12(8)13)19(17,18)16(3)9(2)4-5-14/h6-7,9H,4,15H2,1-3H3. The molecule has 0 radical (unpaired) electrons. The van der Waals surface area contributed by atoms with E-state index in [-0.39, 0.29) is 17.7 Å². The first-order valence-electron chi connectivity index (χ1n) is 5.62. The Morgan fingerprint density at radius 1 is 1.53 bits per heavy atom. The van der Waals surface area contributed by atoms with Crippen LogP contribution >= 0.6 is 0 Å². The zero-order valence-electron chi connectivity index (χ0n) is 11.0. The number of anilines is 1. The van der Waals surface area contributed by atoms with Gasteiger partial charge in [-0.3, -0.25) is 0 Å². The number of sulfonamides is 1. The first-order valence-corrected chi connectivity index (χ1v) is 7.06. The predicted octanol–water partition coefficient (Wildman–Crippen LogP) is 1.64. The van der Waals surface area contributed by atoms with E-state index in [2.05, 4.69) is 0 Å². The normalized spacial score (nSPS) is 13.3. The van der Waals surface area contributed by atoms with Crippen molar-refractivity contribution in [2.45, 2.75) is 31.2 Å². The molecule has 0 bridgehead atoms. The van der Waals surface area contributed by atoms with Crippen LogP contribution in [0.4, 0.5) is 10.1 Å². The average Bonchev–Trinajstić information content (AvgIpc) is 2.32. The number of hydrogen-bond donors (Lipinski definition) is 1. The third-order valence-corrected chi connectivity index (χ3v) is 4.88. The second-order valence-corrected chi connectivity index (χ2v) is 6.35. The fraction of sp³-hybridized carbons (Fsp3) is 0.417. The Kier molecular flexibility index (Phi) is 4.50. The van der Waals surface area contributed by atoms with Gasteiger partial charge in [0.15, 0.2) is 0 Å². The molecule has 2 N–H and O–H groups in total. The summed E-state index contributed by atoms with van der Waals surface area (Å²) >= 11 is 0. The molecule has 7 heteroatoms. The van der Waals surface area contributed by atoms with Crippen LogP contribution in [0.25, 0.3) is 0 Å². The highest BCUT2D eigenvalue weighted by atomic mass is 32.2. The highest BCUT2D eigenvalue weighted by Gasteiger charge is 2.29. The fourth-order valence-electron chi connectivity index (χ4n) is 1.60. The van der Waals surface area contributed by atoms with E-state index >= 15 is 0 Å². The van der Waals surface area contributed by atoms with E-state index < -0.39 is 26.8 Å². The second kappa shape index (κ2) is 5.55. The lowest BCUT2D eigenvalue weighted by molar-refractivity contribution is 0.390. The van der Waals surface area contributed by atoms with Gasteiger partial charge in [0.2, 0.25) is 10.0 Å². The minimum Gasteiger partial charge on any atom is -0.399 e. The van der Waals surface area contributed by atoms with E-state index in [9.17, 15) is 12.8 Å². The first-order chi connectivity index (χ1) is 8.71. The van der Waals surface area contributed by atoms with Crippen molar-refractivity contribution >= 4 is 15.7 Å². The highest BCUT2D eigenvalue weighted by Crippen LogP contribution is 2.25. The first kappa shape index (κ1) is 15.4. The quantitative estimate of drug-likeness (QED) is 0.852. The van der Waals surface area contributed by atoms with Gasteiger partial charge in [-0.05, 0) is 31.5 Å². The number of nitrogen functional groups attached to an aromatic ring is 1. The van der Waals surface area contributed by atoms with Crippen molar-refractivity contribution in [3.05, 3.63) is 23.5 Å². The van der Waals surface area contributed by atoms with Crippen molar-refractivity contribution < 1.29 is 12.8 Å². The molecule has 1 aromatic carbocycles. The minimum atomic E-state index is -4.01. The largest absolute Gasteiger partial charge is 0.399 e. The van der Waals surface area contributed by atoms with Crippen LogP contribution in [-0.2, 0) is 10.0 Å². The Labute approximate surface area is 112 Å². The number of aryl methyl sites for hydroxylation is 1. The summed E-state index contributed by atoms with van der Waals surface area (Å²) in [5.41, 5.74) is 5.90. The van der Waals surface area contributed by atoms with Gasteiger partial charge >= 0.3 is 0 Å². The van der Waals surface area contributed by atoms with Gasteiger partial charge in [-0.25, -0.2) is 12.8 Å². The Morgan fingerprint density at radius 3 is 2.63 bits per heavy atom. The van der Waals surface area contributed by atoms with Crippen LogP contribution in [-0.4, -0.2) is 25.8 Å². The monoisotopic (exact) mass is 285 g/mol. The Hall–Kier alpha value is -1.65. The number of rotatable bonds is 4. The lowest BCUT2D eigenvalue weighted by atomic mass is 10.2. The molecule has 0 spiro atoms. The van der Waals surface area contributed by atoms with Gasteiger partial charge in [0.1, 0.15) is 10.7 Å². The molecule has 0 amide bonds. The van der Waals surface area contributed by atoms with Gasteiger partial charge in [-0.2, -0.15) is 9.57 Å². The van der Waals surface area contributed by atoms with E-state index in [1.165, 1.54) is 20.0 Å². The maximum absolute atomic E-state index is 14.0. The second-order valence-electron chi connectivity index (χ2n) is 4.38. The maximum Gasteiger partial charge on any atom is 0.246 e. The summed E-state index contributed by atoms with van der Waals surface area (Å²) in [6.45, 7) is 3.03. The smallest absolute Gasteiger partial charge is 0.246 e. The summed E-state index contributed by atoms with van der Waals surface area (Å²) in [6.07, 6.45) is 0.0264. The summed E-state index contributed by atoms with van der Waals surface area (Å²) in [7, 11) is -2.69. The molecule has 0 aliphatic rings. The molecule has 0 aliphatic heterocycles. The number of benzene rings is 1. The molecule has 0 heterocycles. The van der Waals surface area contributed by atoms with Crippen LogP contribution < -0.4 is 5.73 Å². The molecule has 19 heavy (non-hydrogen) atoms. The number of nitrogens with zero attached hydrogens (tertiary/aromatic N) is 2. The van der Waals surface area contributed by atoms with Crippen LogP contribution in [0.3, 0.4) is 0 Å². The van der Waals surface area contributed by atoms with Crippen molar-refractivity contribution in [2.75, 3.05) is 12.8 Å². The third-order valence-electron chi connectivity index (χ3n) is 2.91. The molecule has 1 atom stereocenters. The Morgan fingerprint density at radius 2 is 2.11 bits per heavy atom. The fourth-order valence-corrected chi connectivity index (χ4v) is 3.14. The van der Waals surface area contributed by atoms with Crippen LogP contribution in [0.2, 0.25) is 0 Å². The third kappa shape index (κ3) is 3.03. The van der Waals surface area contributed by atoms with Gasteiger partial charge in [-0.15, -0.1) is 0 Å². The molecule has 1 rings (SSSR count). The molecule has 0 saturated heterocycles. The Bertz CT molecular complexity index is 623. The number of hydrogen-bond acceptors (Lipinski definition) is 4. The van der Waals surface area contributed by atoms with Crippen LogP contribution in [0.1, 0.15) is 18.9 Å². The summed E-state index contributed by atoms with van der Waals surface area (Å²) in [6, 6.07) is 3.80. The van der Waals surface area contributed by atoms with Gasteiger partial charge in [0.05, 0.1) is 12.5 Å². The Balaban J connectivity index is 3.33. The number of nitrogens with two attached hydrogens (primary N) is 1. The predicted molar refractivity (Wildman–Crippen MR) is 70.2 cm³/mol. The van der Waals surface area contributed by atoms with E-state index in [1.807, 2.05) is 6.07 Å². The van der Waals surface area contributed by atoms with E-state index in [4.69, 9.17) is 11.0 Å². The molecular formula is C12H16FN3O2S. The molecule has 1 unspecified atom stereocenters. The zero-order valence-corrected chi connectivity index (χ0v) is 11.8. The zero-order chi connectivity index (χ0) is 14.8. The van der Waals surface area contributed by atoms with E-state index in [0.29, 0.717) is 0 Å². The summed E-state index contributed by atoms with van der Waals surface area (Å²) in [5, 5.41) is 8.60. The van der Waals surface area contributed by atoms with Crippen LogP contribution in [0, 0.1) is 24.1 Å². The van der Waals surface area contributed by atoms with Crippen molar-refractivity contribution in [1.29, 1.82) is 5.26 Å². The lowest BCUT2D eigenvalue weighted by Gasteiger charge is -2.23. The van der Waals surface area contributed by atoms with Crippen molar-refractivity contribution in [3.63, 3.8) is 0 Å². The molecule has 0 fully saturated rings. The maximum atomic E-state index is 14.0. The topological polar surface area (TPSA) is 87.2 Å². The van der Waals surface area contributed by atoms with Gasteiger partial charge in [0, 0.05) is 18.8 Å². The van der Waals surface area contributed by atoms with Crippen LogP contribution in [0.15, 0.2) is 17.0 Å². The molecule has 1 aromatic rings. The van der Waals surface area contributed by atoms with Crippen molar-refractivity contribution in [3.8, 4) is 6.07 Å². The van der Waals surface area contributed by atoms with Crippen molar-refractivity contribution in [2.24, 2.45) is 0 Å². The van der Waals surface area contributed by atoms with Crippen molar-refractivity contribution in [1.82, 2.24) is 4.31 Å². The SMILES string of the molecule is Cc1cc(N)cc(S(=O)(=O)N(C)C(C)CC#N)c1F. The summed E-state index contributed by atoms with van der Waals surface area (Å²) < 4.78 is 39.5. The van der Waals surface area contributed by atoms with Gasteiger partial charge in [0.25, 0.3) is 0 Å². The molecular weight excluding hydrogens is 269 g/mol. The summed E-state index contributed by atoms with van der Waals surface area (Å²) in [5.74, 6) is -0.815. The van der Waals surface area contributed by atoms with E-state index in [0.717, 1.165) is 10.4 Å². The van der Waals surface area contributed by atoms with Crippen LogP contribution in [0.5, 0.6) is 0 Å². The average molecular weight is 285 g/mol. The summed E-state index contributed by atoms with van der Waals surface area (Å²) in [4.78, 5) is -0.461. The molecule has 0 aromatic heterocycles. The highest BCUT2D eigenvalue weighted by molar-refractivity contribution is 7.89. The lowest BCUT2D eigenvalue weighted by Crippen LogP contribution is -2.35. The minimum absolute atomic E-state index is 0.0264. The molecule has 5 nitrogen and oxygen atoms in total. The van der Waals surface area contributed by atoms with Gasteiger partial charge < -0.3 is 5.73 Å². The van der Waals surface area contributed by atoms with Gasteiger partial charge in [-0.1, -0.05) is 0 Å². The van der Waals surface area contributed by atoms with E-state index in [1.54, 1.807) is 6.92 Å². The number of halogens is 1. The number of nitriles is 1. The molecule has 0 saturated carbocycles. The molecule has 0 aliphatic carbocycles. The molecule has 104 valence electrons.